The summed E-state index contributed by atoms with van der Waals surface area (Å²) >= 11 is 0. The summed E-state index contributed by atoms with van der Waals surface area (Å²) in [5.41, 5.74) is 2.44. The van der Waals surface area contributed by atoms with E-state index >= 15 is 0 Å². The van der Waals surface area contributed by atoms with E-state index in [1.54, 1.807) is 31.4 Å². The van der Waals surface area contributed by atoms with Crippen molar-refractivity contribution in [2.24, 2.45) is 0 Å². The number of ether oxygens (including phenoxy) is 1. The molecule has 0 saturated heterocycles. The molecule has 138 valence electrons. The minimum absolute atomic E-state index is 0.159. The van der Waals surface area contributed by atoms with Gasteiger partial charge in [-0.3, -0.25) is 0 Å². The minimum Gasteiger partial charge on any atom is -0.497 e. The fraction of sp³-hybridized carbons (Fsp3) is 0.0909. The van der Waals surface area contributed by atoms with Crippen molar-refractivity contribution in [1.82, 2.24) is 9.55 Å². The van der Waals surface area contributed by atoms with Crippen LogP contribution in [-0.2, 0) is 6.54 Å². The van der Waals surface area contributed by atoms with Crippen LogP contribution in [0.3, 0.4) is 0 Å². The number of hydrogen-bond donors (Lipinski definition) is 0. The Bertz CT molecular complexity index is 1220. The number of aromatic nitrogens is 2. The summed E-state index contributed by atoms with van der Waals surface area (Å²) in [4.78, 5) is 4.31. The fourth-order valence-electron chi connectivity index (χ4n) is 3.26. The van der Waals surface area contributed by atoms with Gasteiger partial charge in [-0.25, -0.2) is 13.8 Å². The van der Waals surface area contributed by atoms with Crippen LogP contribution in [0.25, 0.3) is 22.2 Å². The van der Waals surface area contributed by atoms with Gasteiger partial charge in [0.05, 0.1) is 25.0 Å². The van der Waals surface area contributed by atoms with Crippen molar-refractivity contribution < 1.29 is 13.5 Å². The molecule has 0 fully saturated rings. The Morgan fingerprint density at radius 1 is 1.07 bits per heavy atom. The molecule has 0 unspecified atom stereocenters. The van der Waals surface area contributed by atoms with E-state index < -0.39 is 11.6 Å². The van der Waals surface area contributed by atoms with Crippen LogP contribution < -0.4 is 4.74 Å². The minimum atomic E-state index is -0.518. The second-order valence-corrected chi connectivity index (χ2v) is 6.29. The van der Waals surface area contributed by atoms with E-state index in [0.717, 1.165) is 23.0 Å². The van der Waals surface area contributed by atoms with Crippen LogP contribution in [0.4, 0.5) is 8.78 Å². The second-order valence-electron chi connectivity index (χ2n) is 6.29. The molecule has 0 spiro atoms. The van der Waals surface area contributed by atoms with Gasteiger partial charge in [0.1, 0.15) is 29.1 Å². The van der Waals surface area contributed by atoms with Crippen LogP contribution in [-0.4, -0.2) is 16.7 Å². The van der Waals surface area contributed by atoms with Crippen LogP contribution in [0.1, 0.15) is 11.4 Å². The highest BCUT2D eigenvalue weighted by molar-refractivity contribution is 5.88. The summed E-state index contributed by atoms with van der Waals surface area (Å²) in [6, 6.07) is 17.9. The van der Waals surface area contributed by atoms with Gasteiger partial charge in [0.2, 0.25) is 0 Å². The maximum Gasteiger partial charge on any atom is 0.140 e. The summed E-state index contributed by atoms with van der Waals surface area (Å²) in [5.74, 6) is -0.368. The monoisotopic (exact) mass is 375 g/mol. The summed E-state index contributed by atoms with van der Waals surface area (Å²) < 4.78 is 35.5. The SMILES string of the molecule is COc1ccc2c(c1)cc(-c1cc(F)ccc1F)n2Cc1cccc(C#N)n1. The van der Waals surface area contributed by atoms with E-state index in [4.69, 9.17) is 10.00 Å². The predicted molar refractivity (Wildman–Crippen MR) is 102 cm³/mol. The largest absolute Gasteiger partial charge is 0.497 e. The highest BCUT2D eigenvalue weighted by atomic mass is 19.1. The van der Waals surface area contributed by atoms with Crippen molar-refractivity contribution in [2.75, 3.05) is 7.11 Å². The molecular formula is C22H15F2N3O. The van der Waals surface area contributed by atoms with E-state index in [2.05, 4.69) is 4.98 Å². The van der Waals surface area contributed by atoms with Crippen LogP contribution in [0.15, 0.2) is 60.7 Å². The van der Waals surface area contributed by atoms with E-state index in [1.165, 1.54) is 6.07 Å². The molecule has 0 amide bonds. The molecule has 0 N–H and O–H groups in total. The highest BCUT2D eigenvalue weighted by Gasteiger charge is 2.16. The van der Waals surface area contributed by atoms with E-state index in [9.17, 15) is 8.78 Å². The van der Waals surface area contributed by atoms with Gasteiger partial charge in [0.15, 0.2) is 0 Å². The zero-order valence-electron chi connectivity index (χ0n) is 15.0. The standard InChI is InChI=1S/C22H15F2N3O/c1-28-18-6-8-21-14(9-18)10-22(19-11-15(23)5-7-20(19)24)27(21)13-17-4-2-3-16(12-25)26-17/h2-11H,13H2,1H3. The van der Waals surface area contributed by atoms with Crippen molar-refractivity contribution >= 4 is 10.9 Å². The molecule has 4 aromatic rings. The molecule has 2 aromatic carbocycles. The first-order valence-electron chi connectivity index (χ1n) is 8.58. The van der Waals surface area contributed by atoms with Crippen molar-refractivity contribution in [1.29, 1.82) is 5.26 Å². The van der Waals surface area contributed by atoms with Crippen molar-refractivity contribution in [2.45, 2.75) is 6.54 Å². The summed E-state index contributed by atoms with van der Waals surface area (Å²) in [6.07, 6.45) is 0. The van der Waals surface area contributed by atoms with E-state index in [0.29, 0.717) is 29.4 Å². The van der Waals surface area contributed by atoms with Gasteiger partial charge in [-0.1, -0.05) is 6.07 Å². The van der Waals surface area contributed by atoms with Crippen LogP contribution >= 0.6 is 0 Å². The normalized spacial score (nSPS) is 10.8. The molecule has 0 saturated carbocycles. The molecule has 4 rings (SSSR count). The lowest BCUT2D eigenvalue weighted by Crippen LogP contribution is -2.05. The van der Waals surface area contributed by atoms with Crippen molar-refractivity contribution in [3.8, 4) is 23.1 Å². The lowest BCUT2D eigenvalue weighted by atomic mass is 10.1. The van der Waals surface area contributed by atoms with Gasteiger partial charge in [-0.15, -0.1) is 0 Å². The Kier molecular flexibility index (Phi) is 4.50. The lowest BCUT2D eigenvalue weighted by Gasteiger charge is -2.12. The lowest BCUT2D eigenvalue weighted by molar-refractivity contribution is 0.415. The predicted octanol–water partition coefficient (Wildman–Crippen LogP) is 4.91. The fourth-order valence-corrected chi connectivity index (χ4v) is 3.26. The van der Waals surface area contributed by atoms with Crippen LogP contribution in [0.5, 0.6) is 5.75 Å². The first-order valence-corrected chi connectivity index (χ1v) is 8.58. The average Bonchev–Trinajstić information content (AvgIpc) is 3.07. The summed E-state index contributed by atoms with van der Waals surface area (Å²) in [7, 11) is 1.57. The molecule has 28 heavy (non-hydrogen) atoms. The molecule has 0 radical (unpaired) electrons. The van der Waals surface area contributed by atoms with Gasteiger partial charge in [-0.2, -0.15) is 5.26 Å². The number of fused-ring (bicyclic) bond motifs is 1. The molecule has 0 aliphatic carbocycles. The van der Waals surface area contributed by atoms with Gasteiger partial charge in [-0.05, 0) is 54.6 Å². The molecular weight excluding hydrogens is 360 g/mol. The first kappa shape index (κ1) is 17.7. The van der Waals surface area contributed by atoms with Gasteiger partial charge in [0.25, 0.3) is 0 Å². The summed E-state index contributed by atoms with van der Waals surface area (Å²) in [5, 5.41) is 9.92. The third-order valence-electron chi connectivity index (χ3n) is 4.55. The van der Waals surface area contributed by atoms with Crippen LogP contribution in [0.2, 0.25) is 0 Å². The summed E-state index contributed by atoms with van der Waals surface area (Å²) in [6.45, 7) is 0.302. The number of nitriles is 1. The number of halogens is 2. The molecule has 0 aliphatic heterocycles. The number of methoxy groups -OCH3 is 1. The molecule has 2 heterocycles. The Hall–Kier alpha value is -3.72. The molecule has 6 heteroatoms. The van der Waals surface area contributed by atoms with Crippen molar-refractivity contribution in [3.05, 3.63) is 83.7 Å². The molecule has 0 aliphatic rings. The highest BCUT2D eigenvalue weighted by Crippen LogP contribution is 2.33. The van der Waals surface area contributed by atoms with Gasteiger partial charge >= 0.3 is 0 Å². The van der Waals surface area contributed by atoms with Gasteiger partial charge in [0, 0.05) is 16.5 Å². The second kappa shape index (κ2) is 7.12. The van der Waals surface area contributed by atoms with E-state index in [-0.39, 0.29) is 5.56 Å². The molecule has 0 bridgehead atoms. The van der Waals surface area contributed by atoms with Crippen molar-refractivity contribution in [3.63, 3.8) is 0 Å². The maximum absolute atomic E-state index is 14.5. The quantitative estimate of drug-likeness (QED) is 0.509. The average molecular weight is 375 g/mol. The van der Waals surface area contributed by atoms with E-state index in [1.807, 2.05) is 28.8 Å². The molecule has 4 nitrogen and oxygen atoms in total. The number of benzene rings is 2. The van der Waals surface area contributed by atoms with Gasteiger partial charge < -0.3 is 9.30 Å². The Morgan fingerprint density at radius 3 is 2.71 bits per heavy atom. The third kappa shape index (κ3) is 3.19. The smallest absolute Gasteiger partial charge is 0.140 e. The number of nitrogens with zero attached hydrogens (tertiary/aromatic N) is 3. The Morgan fingerprint density at radius 2 is 1.93 bits per heavy atom. The first-order chi connectivity index (χ1) is 13.6. The number of rotatable bonds is 4. The molecule has 0 atom stereocenters. The maximum atomic E-state index is 14.5. The third-order valence-corrected chi connectivity index (χ3v) is 4.55. The zero-order valence-corrected chi connectivity index (χ0v) is 15.0. The van der Waals surface area contributed by atoms with Crippen LogP contribution in [0, 0.1) is 23.0 Å². The Balaban J connectivity index is 1.93. The zero-order chi connectivity index (χ0) is 19.7. The topological polar surface area (TPSA) is 50.8 Å². The number of pyridine rings is 1. The molecule has 2 aromatic heterocycles. The number of hydrogen-bond acceptors (Lipinski definition) is 3. The Labute approximate surface area is 160 Å².